The molecule has 3 rings (SSSR count). The summed E-state index contributed by atoms with van der Waals surface area (Å²) in [5, 5.41) is 5.58. The van der Waals surface area contributed by atoms with E-state index in [4.69, 9.17) is 13.8 Å². The van der Waals surface area contributed by atoms with Crippen LogP contribution in [0.5, 0.6) is 11.5 Å². The van der Waals surface area contributed by atoms with Crippen LogP contribution in [0.2, 0.25) is 0 Å². The van der Waals surface area contributed by atoms with Gasteiger partial charge in [0.1, 0.15) is 11.5 Å². The fourth-order valence-corrected chi connectivity index (χ4v) is 5.36. The van der Waals surface area contributed by atoms with Gasteiger partial charge in [-0.2, -0.15) is 0 Å². The minimum Gasteiger partial charge on any atom is -0.415 e. The van der Waals surface area contributed by atoms with Crippen LogP contribution >= 0.6 is 7.60 Å². The second-order valence-electron chi connectivity index (χ2n) is 8.32. The second kappa shape index (κ2) is 14.8. The van der Waals surface area contributed by atoms with Crippen LogP contribution in [-0.2, 0) is 25.3 Å². The summed E-state index contributed by atoms with van der Waals surface area (Å²) in [5.41, 5.74) is 0.845. The number of hydrogen-bond donors (Lipinski definition) is 2. The quantitative estimate of drug-likeness (QED) is 0.215. The third kappa shape index (κ3) is 9.75. The van der Waals surface area contributed by atoms with Crippen LogP contribution in [0.3, 0.4) is 0 Å². The summed E-state index contributed by atoms with van der Waals surface area (Å²) in [6.45, 7) is 1.01. The number of hydrogen-bond acceptors (Lipinski definition) is 6. The van der Waals surface area contributed by atoms with Gasteiger partial charge in [-0.25, -0.2) is 4.57 Å². The lowest BCUT2D eigenvalue weighted by molar-refractivity contribution is -0.126. The summed E-state index contributed by atoms with van der Waals surface area (Å²) in [7, 11) is -2.41. The zero-order valence-corrected chi connectivity index (χ0v) is 21.8. The smallest absolute Gasteiger partial charge is 0.415 e. The van der Waals surface area contributed by atoms with Crippen LogP contribution < -0.4 is 19.7 Å². The summed E-state index contributed by atoms with van der Waals surface area (Å²) in [5.74, 6) is -0.974. The minimum absolute atomic E-state index is 0.000257. The van der Waals surface area contributed by atoms with Gasteiger partial charge in [0.05, 0.1) is 0 Å². The van der Waals surface area contributed by atoms with Crippen molar-refractivity contribution in [3.63, 3.8) is 0 Å². The Kier molecular flexibility index (Phi) is 11.2. The van der Waals surface area contributed by atoms with Crippen molar-refractivity contribution in [2.45, 2.75) is 31.5 Å². The first kappa shape index (κ1) is 28.0. The summed E-state index contributed by atoms with van der Waals surface area (Å²) in [6, 6.07) is 26.8. The highest BCUT2D eigenvalue weighted by Gasteiger charge is 2.40. The molecule has 0 aliphatic heterocycles. The first-order valence-corrected chi connectivity index (χ1v) is 13.8. The van der Waals surface area contributed by atoms with E-state index in [1.54, 1.807) is 55.6 Å². The van der Waals surface area contributed by atoms with Crippen molar-refractivity contribution >= 4 is 19.4 Å². The van der Waals surface area contributed by atoms with Gasteiger partial charge in [0.2, 0.25) is 11.8 Å². The van der Waals surface area contributed by atoms with Crippen molar-refractivity contribution in [3.8, 4) is 11.5 Å². The molecule has 0 fully saturated rings. The Labute approximate surface area is 217 Å². The zero-order chi connectivity index (χ0) is 26.3. The third-order valence-electron chi connectivity index (χ3n) is 5.36. The van der Waals surface area contributed by atoms with Crippen molar-refractivity contribution in [1.29, 1.82) is 0 Å². The minimum atomic E-state index is -4.01. The van der Waals surface area contributed by atoms with Crippen molar-refractivity contribution < 1.29 is 27.9 Å². The number of benzene rings is 3. The summed E-state index contributed by atoms with van der Waals surface area (Å²) < 4.78 is 31.3. The number of carbonyl (C=O) groups is 2. The molecule has 1 atom stereocenters. The van der Waals surface area contributed by atoms with E-state index in [1.165, 1.54) is 0 Å². The predicted molar refractivity (Wildman–Crippen MR) is 143 cm³/mol. The molecule has 3 aromatic carbocycles. The highest BCUT2D eigenvalue weighted by Crippen LogP contribution is 2.53. The molecule has 0 aliphatic rings. The molecule has 0 aliphatic carbocycles. The van der Waals surface area contributed by atoms with Crippen molar-refractivity contribution in [2.75, 3.05) is 20.3 Å². The Morgan fingerprint density at radius 3 is 1.84 bits per heavy atom. The summed E-state index contributed by atoms with van der Waals surface area (Å²) >= 11 is 0. The van der Waals surface area contributed by atoms with Gasteiger partial charge in [0.15, 0.2) is 5.78 Å². The van der Waals surface area contributed by atoms with Crippen LogP contribution in [0.15, 0.2) is 91.0 Å². The molecule has 0 saturated heterocycles. The molecule has 0 aromatic heterocycles. The van der Waals surface area contributed by atoms with Crippen LogP contribution in [0.25, 0.3) is 0 Å². The van der Waals surface area contributed by atoms with Crippen molar-refractivity contribution in [1.82, 2.24) is 10.6 Å². The fraction of sp³-hybridized carbons (Fsp3) is 0.286. The number of methoxy groups -OCH3 is 1. The zero-order valence-electron chi connectivity index (χ0n) is 20.9. The van der Waals surface area contributed by atoms with Gasteiger partial charge >= 0.3 is 7.60 Å². The highest BCUT2D eigenvalue weighted by molar-refractivity contribution is 7.55. The SMILES string of the molecule is COCCCNC(=O)CCC(=O)NC(Cc1ccccc1)P(=O)(Oc1ccccc1)Oc1ccccc1. The maximum Gasteiger partial charge on any atom is 0.453 e. The molecule has 9 heteroatoms. The lowest BCUT2D eigenvalue weighted by Crippen LogP contribution is -2.39. The van der Waals surface area contributed by atoms with Gasteiger partial charge in [-0.15, -0.1) is 0 Å². The lowest BCUT2D eigenvalue weighted by atomic mass is 10.1. The van der Waals surface area contributed by atoms with Gasteiger partial charge < -0.3 is 24.4 Å². The first-order chi connectivity index (χ1) is 18.0. The Morgan fingerprint density at radius 1 is 0.784 bits per heavy atom. The van der Waals surface area contributed by atoms with Crippen molar-refractivity contribution in [3.05, 3.63) is 96.6 Å². The van der Waals surface area contributed by atoms with Gasteiger partial charge in [0, 0.05) is 39.5 Å². The van der Waals surface area contributed by atoms with Crippen LogP contribution in [0.4, 0.5) is 0 Å². The normalized spacial score (nSPS) is 11.8. The van der Waals surface area contributed by atoms with E-state index in [0.717, 1.165) is 5.56 Å². The molecular formula is C28H33N2O6P. The first-order valence-electron chi connectivity index (χ1n) is 12.2. The second-order valence-corrected chi connectivity index (χ2v) is 10.4. The molecule has 0 spiro atoms. The van der Waals surface area contributed by atoms with E-state index in [1.807, 2.05) is 42.5 Å². The predicted octanol–water partition coefficient (Wildman–Crippen LogP) is 4.96. The third-order valence-corrected chi connectivity index (χ3v) is 7.37. The molecule has 0 heterocycles. The number of nitrogens with one attached hydrogen (secondary N) is 2. The van der Waals surface area contributed by atoms with Gasteiger partial charge in [0.25, 0.3) is 0 Å². The highest BCUT2D eigenvalue weighted by atomic mass is 31.2. The Morgan fingerprint density at radius 2 is 1.30 bits per heavy atom. The Bertz CT molecular complexity index is 1100. The summed E-state index contributed by atoms with van der Waals surface area (Å²) in [6.07, 6.45) is 0.815. The topological polar surface area (TPSA) is 103 Å². The molecule has 8 nitrogen and oxygen atoms in total. The van der Waals surface area contributed by atoms with Gasteiger partial charge in [-0.1, -0.05) is 66.7 Å². The summed E-state index contributed by atoms with van der Waals surface area (Å²) in [4.78, 5) is 25.1. The average Bonchev–Trinajstić information content (AvgIpc) is 2.91. The molecule has 0 saturated carbocycles. The average molecular weight is 525 g/mol. The maximum atomic E-state index is 14.4. The van der Waals surface area contributed by atoms with E-state index < -0.39 is 19.3 Å². The molecular weight excluding hydrogens is 491 g/mol. The maximum absolute atomic E-state index is 14.4. The van der Waals surface area contributed by atoms with E-state index in [9.17, 15) is 14.2 Å². The molecule has 2 N–H and O–H groups in total. The standard InChI is InChI=1S/C28H33N2O6P/c1-34-21-11-20-29-26(31)18-19-27(32)30-28(22-23-12-5-2-6-13-23)37(33,35-24-14-7-3-8-15-24)36-25-16-9-4-10-17-25/h2-10,12-17,28H,11,18-22H2,1H3,(H,29,31)(H,30,32). The van der Waals surface area contributed by atoms with Crippen LogP contribution in [0.1, 0.15) is 24.8 Å². The molecule has 196 valence electrons. The van der Waals surface area contributed by atoms with Crippen molar-refractivity contribution in [2.24, 2.45) is 0 Å². The molecule has 0 bridgehead atoms. The number of carbonyl (C=O) groups excluding carboxylic acids is 2. The van der Waals surface area contributed by atoms with E-state index in [-0.39, 0.29) is 25.2 Å². The van der Waals surface area contributed by atoms with E-state index >= 15 is 0 Å². The van der Waals surface area contributed by atoms with E-state index in [0.29, 0.717) is 31.1 Å². The largest absolute Gasteiger partial charge is 0.453 e. The molecule has 0 radical (unpaired) electrons. The number of para-hydroxylation sites is 2. The number of amides is 2. The Hall–Kier alpha value is -3.61. The van der Waals surface area contributed by atoms with Gasteiger partial charge in [-0.3, -0.25) is 9.59 Å². The number of rotatable bonds is 15. The number of ether oxygens (including phenoxy) is 1. The van der Waals surface area contributed by atoms with Crippen LogP contribution in [-0.4, -0.2) is 37.9 Å². The molecule has 1 unspecified atom stereocenters. The monoisotopic (exact) mass is 524 g/mol. The molecule has 2 amide bonds. The van der Waals surface area contributed by atoms with E-state index in [2.05, 4.69) is 10.6 Å². The lowest BCUT2D eigenvalue weighted by Gasteiger charge is -2.28. The molecule has 37 heavy (non-hydrogen) atoms. The Balaban J connectivity index is 1.79. The molecule has 3 aromatic rings. The van der Waals surface area contributed by atoms with Crippen LogP contribution in [0, 0.1) is 0 Å². The van der Waals surface area contributed by atoms with Gasteiger partial charge in [-0.05, 0) is 36.2 Å². The fourth-order valence-electron chi connectivity index (χ4n) is 3.50.